The number of hydrogen-bond donors (Lipinski definition) is 1. The maximum atomic E-state index is 13.6. The van der Waals surface area contributed by atoms with Crippen molar-refractivity contribution < 1.29 is 27.6 Å². The molecule has 7 nitrogen and oxygen atoms in total. The van der Waals surface area contributed by atoms with Gasteiger partial charge >= 0.3 is 6.18 Å². The van der Waals surface area contributed by atoms with E-state index >= 15 is 0 Å². The molecule has 1 N–H and O–H groups in total. The quantitative estimate of drug-likeness (QED) is 0.615. The molecule has 0 bridgehead atoms. The summed E-state index contributed by atoms with van der Waals surface area (Å²) in [6.45, 7) is 0.918. The lowest BCUT2D eigenvalue weighted by Crippen LogP contribution is -2.49. The Labute approximate surface area is 153 Å². The fourth-order valence-electron chi connectivity index (χ4n) is 2.84. The Bertz CT molecular complexity index is 627. The summed E-state index contributed by atoms with van der Waals surface area (Å²) < 4.78 is 51.0. The summed E-state index contributed by atoms with van der Waals surface area (Å²) in [6.07, 6.45) is -4.64. The first-order valence-electron chi connectivity index (χ1n) is 6.97. The molecule has 142 valence electrons. The topological polar surface area (TPSA) is 76.9 Å². The molecule has 0 spiro atoms. The van der Waals surface area contributed by atoms with Crippen molar-refractivity contribution in [3.63, 3.8) is 0 Å². The summed E-state index contributed by atoms with van der Waals surface area (Å²) in [5.74, 6) is 0.177. The van der Waals surface area contributed by atoms with Gasteiger partial charge in [0.25, 0.3) is 5.69 Å². The third-order valence-corrected chi connectivity index (χ3v) is 3.84. The molecule has 1 saturated heterocycles. The summed E-state index contributed by atoms with van der Waals surface area (Å²) >= 11 is 0. The van der Waals surface area contributed by atoms with Crippen LogP contribution in [-0.4, -0.2) is 49.0 Å². The molecule has 1 fully saturated rings. The second-order valence-corrected chi connectivity index (χ2v) is 5.25. The van der Waals surface area contributed by atoms with Gasteiger partial charge in [0.1, 0.15) is 6.04 Å². The van der Waals surface area contributed by atoms with Gasteiger partial charge in [-0.2, -0.15) is 13.2 Å². The first kappa shape index (κ1) is 21.6. The minimum atomic E-state index is -4.64. The van der Waals surface area contributed by atoms with Crippen molar-refractivity contribution in [1.82, 2.24) is 10.2 Å². The number of halogens is 5. The van der Waals surface area contributed by atoms with E-state index in [1.165, 1.54) is 4.90 Å². The molecule has 2 heterocycles. The Morgan fingerprint density at radius 2 is 1.72 bits per heavy atom. The third kappa shape index (κ3) is 4.38. The molecule has 1 atom stereocenters. The van der Waals surface area contributed by atoms with Crippen molar-refractivity contribution in [2.75, 3.05) is 33.0 Å². The smallest absolute Gasteiger partial charge is 0.408 e. The zero-order chi connectivity index (χ0) is 16.6. The number of rotatable bonds is 3. The highest BCUT2D eigenvalue weighted by atomic mass is 35.5. The van der Waals surface area contributed by atoms with Gasteiger partial charge in [-0.25, -0.2) is 0 Å². The van der Waals surface area contributed by atoms with Crippen LogP contribution in [0.25, 0.3) is 0 Å². The van der Waals surface area contributed by atoms with Crippen LogP contribution in [0, 0.1) is 10.1 Å². The van der Waals surface area contributed by atoms with Gasteiger partial charge in [-0.1, -0.05) is 0 Å². The van der Waals surface area contributed by atoms with Crippen LogP contribution in [0.15, 0.2) is 12.1 Å². The van der Waals surface area contributed by atoms with E-state index in [-0.39, 0.29) is 56.2 Å². The molecule has 2 aliphatic heterocycles. The summed E-state index contributed by atoms with van der Waals surface area (Å²) in [7, 11) is 0. The lowest BCUT2D eigenvalue weighted by molar-refractivity contribution is -0.386. The number of ether oxygens (including phenoxy) is 2. The van der Waals surface area contributed by atoms with Crippen LogP contribution in [-0.2, 0) is 0 Å². The minimum Gasteiger partial charge on any atom is -0.454 e. The Kier molecular flexibility index (Phi) is 7.12. The molecule has 0 aliphatic carbocycles. The predicted molar refractivity (Wildman–Crippen MR) is 87.0 cm³/mol. The molecular weight excluding hydrogens is 390 g/mol. The normalized spacial score (nSPS) is 18.0. The highest BCUT2D eigenvalue weighted by Gasteiger charge is 2.48. The monoisotopic (exact) mass is 405 g/mol. The van der Waals surface area contributed by atoms with Gasteiger partial charge < -0.3 is 14.8 Å². The largest absolute Gasteiger partial charge is 0.454 e. The van der Waals surface area contributed by atoms with Gasteiger partial charge in [-0.05, 0) is 6.07 Å². The SMILES string of the molecule is Cl.Cl.O=[N+]([O-])c1cc2c(cc1[C@@H](N1CCNCC1)C(F)(F)F)OCO2. The summed E-state index contributed by atoms with van der Waals surface area (Å²) in [5, 5.41) is 14.2. The fourth-order valence-corrected chi connectivity index (χ4v) is 2.84. The molecule has 25 heavy (non-hydrogen) atoms. The second kappa shape index (κ2) is 8.26. The van der Waals surface area contributed by atoms with Crippen molar-refractivity contribution in [2.24, 2.45) is 0 Å². The zero-order valence-electron chi connectivity index (χ0n) is 12.7. The van der Waals surface area contributed by atoms with Gasteiger partial charge in [-0.3, -0.25) is 15.0 Å². The number of nitro groups is 1. The van der Waals surface area contributed by atoms with E-state index in [9.17, 15) is 23.3 Å². The summed E-state index contributed by atoms with van der Waals surface area (Å²) in [4.78, 5) is 11.6. The number of hydrogen-bond acceptors (Lipinski definition) is 6. The molecule has 0 saturated carbocycles. The number of fused-ring (bicyclic) bond motifs is 1. The summed E-state index contributed by atoms with van der Waals surface area (Å²) in [5.41, 5.74) is -1.04. The van der Waals surface area contributed by atoms with Gasteiger partial charge in [0, 0.05) is 26.2 Å². The molecule has 0 radical (unpaired) electrons. The molecule has 2 aliphatic rings. The number of nitro benzene ring substituents is 1. The third-order valence-electron chi connectivity index (χ3n) is 3.84. The molecule has 0 aromatic heterocycles. The average molecular weight is 406 g/mol. The fraction of sp³-hybridized carbons (Fsp3) is 0.538. The van der Waals surface area contributed by atoms with Crippen molar-refractivity contribution in [3.05, 3.63) is 27.8 Å². The van der Waals surface area contributed by atoms with Crippen LogP contribution < -0.4 is 14.8 Å². The molecule has 12 heteroatoms. The maximum Gasteiger partial charge on any atom is 0.408 e. The van der Waals surface area contributed by atoms with Crippen LogP contribution in [0.3, 0.4) is 0 Å². The van der Waals surface area contributed by atoms with E-state index < -0.39 is 28.4 Å². The Hall–Kier alpha value is -1.49. The highest BCUT2D eigenvalue weighted by Crippen LogP contribution is 2.46. The number of piperazine rings is 1. The van der Waals surface area contributed by atoms with E-state index in [2.05, 4.69) is 5.32 Å². The van der Waals surface area contributed by atoms with Crippen molar-refractivity contribution >= 4 is 30.5 Å². The standard InChI is InChI=1S/C13H14F3N3O4.2ClH/c14-13(15,16)12(18-3-1-17-2-4-18)8-5-10-11(23-7-22-10)6-9(8)19(20)21;;/h5-6,12,17H,1-4,7H2;2*1H/t12-;;/m1../s1. The Morgan fingerprint density at radius 1 is 1.16 bits per heavy atom. The molecule has 0 unspecified atom stereocenters. The van der Waals surface area contributed by atoms with Crippen LogP contribution in [0.4, 0.5) is 18.9 Å². The summed E-state index contributed by atoms with van der Waals surface area (Å²) in [6, 6.07) is 0.0127. The maximum absolute atomic E-state index is 13.6. The predicted octanol–water partition coefficient (Wildman–Crippen LogP) is 2.68. The lowest BCUT2D eigenvalue weighted by atomic mass is 10.0. The first-order valence-corrected chi connectivity index (χ1v) is 6.97. The van der Waals surface area contributed by atoms with Gasteiger partial charge in [0.2, 0.25) is 6.79 Å². The van der Waals surface area contributed by atoms with Gasteiger partial charge in [0.05, 0.1) is 16.6 Å². The van der Waals surface area contributed by atoms with E-state index in [1.54, 1.807) is 0 Å². The number of nitrogens with zero attached hydrogens (tertiary/aromatic N) is 2. The van der Waals surface area contributed by atoms with Crippen molar-refractivity contribution in [3.8, 4) is 11.5 Å². The molecule has 1 aromatic rings. The Balaban J connectivity index is 0.00000156. The Morgan fingerprint density at radius 3 is 2.24 bits per heavy atom. The number of alkyl halides is 3. The zero-order valence-corrected chi connectivity index (χ0v) is 14.4. The molecular formula is C13H16Cl2F3N3O4. The van der Waals surface area contributed by atoms with Crippen molar-refractivity contribution in [2.45, 2.75) is 12.2 Å². The van der Waals surface area contributed by atoms with Crippen molar-refractivity contribution in [1.29, 1.82) is 0 Å². The number of nitrogens with one attached hydrogen (secondary N) is 1. The van der Waals surface area contributed by atoms with E-state index in [1.807, 2.05) is 0 Å². The van der Waals surface area contributed by atoms with Crippen LogP contribution >= 0.6 is 24.8 Å². The second-order valence-electron chi connectivity index (χ2n) is 5.25. The van der Waals surface area contributed by atoms with E-state index in [4.69, 9.17) is 9.47 Å². The molecule has 3 rings (SSSR count). The minimum absolute atomic E-state index is 0. The lowest BCUT2D eigenvalue weighted by Gasteiger charge is -2.35. The van der Waals surface area contributed by atoms with E-state index in [0.29, 0.717) is 13.1 Å². The van der Waals surface area contributed by atoms with Gasteiger partial charge in [-0.15, -0.1) is 24.8 Å². The first-order chi connectivity index (χ1) is 10.9. The van der Waals surface area contributed by atoms with Gasteiger partial charge in [0.15, 0.2) is 11.5 Å². The van der Waals surface area contributed by atoms with Crippen LogP contribution in [0.5, 0.6) is 11.5 Å². The molecule has 0 amide bonds. The van der Waals surface area contributed by atoms with Crippen LogP contribution in [0.2, 0.25) is 0 Å². The highest BCUT2D eigenvalue weighted by molar-refractivity contribution is 5.85. The van der Waals surface area contributed by atoms with Crippen LogP contribution in [0.1, 0.15) is 11.6 Å². The van der Waals surface area contributed by atoms with E-state index in [0.717, 1.165) is 12.1 Å². The average Bonchev–Trinajstić information content (AvgIpc) is 2.93. The molecule has 1 aromatic carbocycles. The number of benzene rings is 1.